The van der Waals surface area contributed by atoms with Gasteiger partial charge in [-0.2, -0.15) is 0 Å². The largest absolute Gasteiger partial charge is 0.494 e. The minimum absolute atomic E-state index is 0.143. The van der Waals surface area contributed by atoms with Crippen LogP contribution >= 0.6 is 0 Å². The average Bonchev–Trinajstić information content (AvgIpc) is 3.07. The number of ether oxygens (including phenoxy) is 1. The number of aliphatic imine (C=N–C) groups is 1. The van der Waals surface area contributed by atoms with Crippen LogP contribution in [0.25, 0.3) is 6.08 Å². The first kappa shape index (κ1) is 19.6. The van der Waals surface area contributed by atoms with Gasteiger partial charge in [0.1, 0.15) is 17.3 Å². The van der Waals surface area contributed by atoms with Crippen molar-refractivity contribution in [3.8, 4) is 5.75 Å². The number of carbonyl (C=O) groups is 1. The first-order valence-corrected chi connectivity index (χ1v) is 10.1. The molecule has 1 aliphatic rings. The van der Waals surface area contributed by atoms with Crippen molar-refractivity contribution in [3.63, 3.8) is 0 Å². The molecule has 0 saturated carbocycles. The second-order valence-electron chi connectivity index (χ2n) is 7.31. The van der Waals surface area contributed by atoms with Crippen molar-refractivity contribution in [1.29, 1.82) is 0 Å². The Bertz CT molecular complexity index is 1110. The van der Waals surface area contributed by atoms with Crippen molar-refractivity contribution in [2.45, 2.75) is 20.8 Å². The number of nitrogens with zero attached hydrogens (tertiary/aromatic N) is 2. The van der Waals surface area contributed by atoms with Crippen LogP contribution in [-0.2, 0) is 4.79 Å². The van der Waals surface area contributed by atoms with Crippen molar-refractivity contribution in [3.05, 3.63) is 101 Å². The van der Waals surface area contributed by atoms with Crippen molar-refractivity contribution >= 4 is 23.5 Å². The Morgan fingerprint density at radius 2 is 1.47 bits per heavy atom. The summed E-state index contributed by atoms with van der Waals surface area (Å²) in [6, 6.07) is 23.6. The molecule has 3 aromatic rings. The van der Waals surface area contributed by atoms with Crippen LogP contribution in [0.5, 0.6) is 5.75 Å². The van der Waals surface area contributed by atoms with Crippen LogP contribution in [0.1, 0.15) is 29.2 Å². The molecule has 30 heavy (non-hydrogen) atoms. The third kappa shape index (κ3) is 4.03. The summed E-state index contributed by atoms with van der Waals surface area (Å²) in [5.74, 6) is 1.26. The highest BCUT2D eigenvalue weighted by molar-refractivity contribution is 6.33. The monoisotopic (exact) mass is 396 g/mol. The number of carbonyl (C=O) groups excluding carboxylic acids is 1. The standard InChI is InChI=1S/C26H24N2O2/c1-4-30-23-15-13-22(14-16-23)28-25(21-11-7-19(3)8-12-21)27-24(26(28)29)17-20-9-5-18(2)6-10-20/h5-17H,4H2,1-3H3/b24-17+. The Labute approximate surface area is 177 Å². The van der Waals surface area contributed by atoms with Crippen LogP contribution in [0.2, 0.25) is 0 Å². The molecule has 0 radical (unpaired) electrons. The van der Waals surface area contributed by atoms with Gasteiger partial charge in [0.15, 0.2) is 0 Å². The number of amides is 1. The predicted octanol–water partition coefficient (Wildman–Crippen LogP) is 5.54. The lowest BCUT2D eigenvalue weighted by molar-refractivity contribution is -0.113. The second-order valence-corrected chi connectivity index (χ2v) is 7.31. The van der Waals surface area contributed by atoms with Gasteiger partial charge in [0, 0.05) is 5.56 Å². The molecule has 4 nitrogen and oxygen atoms in total. The first-order valence-electron chi connectivity index (χ1n) is 10.1. The van der Waals surface area contributed by atoms with Gasteiger partial charge < -0.3 is 4.74 Å². The van der Waals surface area contributed by atoms with E-state index >= 15 is 0 Å². The van der Waals surface area contributed by atoms with Gasteiger partial charge >= 0.3 is 0 Å². The maximum absolute atomic E-state index is 13.4. The van der Waals surface area contributed by atoms with Gasteiger partial charge in [-0.3, -0.25) is 9.69 Å². The number of hydrogen-bond acceptors (Lipinski definition) is 3. The van der Waals surface area contributed by atoms with Gasteiger partial charge in [-0.25, -0.2) is 4.99 Å². The zero-order valence-corrected chi connectivity index (χ0v) is 17.4. The maximum atomic E-state index is 13.4. The quantitative estimate of drug-likeness (QED) is 0.532. The minimum Gasteiger partial charge on any atom is -0.494 e. The molecule has 0 spiro atoms. The van der Waals surface area contributed by atoms with E-state index in [4.69, 9.17) is 9.73 Å². The molecule has 0 saturated heterocycles. The summed E-state index contributed by atoms with van der Waals surface area (Å²) in [5.41, 5.74) is 5.36. The fraction of sp³-hybridized carbons (Fsp3) is 0.154. The van der Waals surface area contributed by atoms with E-state index in [-0.39, 0.29) is 5.91 Å². The van der Waals surface area contributed by atoms with E-state index in [0.717, 1.165) is 28.1 Å². The highest BCUT2D eigenvalue weighted by atomic mass is 16.5. The molecule has 0 fully saturated rings. The SMILES string of the molecule is CCOc1ccc(N2C(=O)/C(=C\c3ccc(C)cc3)N=C2c2ccc(C)cc2)cc1. The Kier molecular flexibility index (Phi) is 5.48. The summed E-state index contributed by atoms with van der Waals surface area (Å²) < 4.78 is 5.54. The van der Waals surface area contributed by atoms with E-state index < -0.39 is 0 Å². The average molecular weight is 396 g/mol. The molecule has 0 aromatic heterocycles. The third-order valence-electron chi connectivity index (χ3n) is 4.96. The Morgan fingerprint density at radius 1 is 0.867 bits per heavy atom. The van der Waals surface area contributed by atoms with Crippen LogP contribution in [0.4, 0.5) is 5.69 Å². The molecule has 0 bridgehead atoms. The summed E-state index contributed by atoms with van der Waals surface area (Å²) in [7, 11) is 0. The first-order chi connectivity index (χ1) is 14.5. The fourth-order valence-corrected chi connectivity index (χ4v) is 3.33. The van der Waals surface area contributed by atoms with Gasteiger partial charge in [-0.05, 0) is 56.7 Å². The fourth-order valence-electron chi connectivity index (χ4n) is 3.33. The van der Waals surface area contributed by atoms with Crippen LogP contribution in [0.3, 0.4) is 0 Å². The van der Waals surface area contributed by atoms with Crippen molar-refractivity contribution in [2.75, 3.05) is 11.5 Å². The van der Waals surface area contributed by atoms with Crippen LogP contribution < -0.4 is 9.64 Å². The number of benzene rings is 3. The van der Waals surface area contributed by atoms with Crippen molar-refractivity contribution < 1.29 is 9.53 Å². The number of amidine groups is 1. The molecule has 4 rings (SSSR count). The Balaban J connectivity index is 1.76. The summed E-state index contributed by atoms with van der Waals surface area (Å²) in [6.45, 7) is 6.63. The minimum atomic E-state index is -0.143. The predicted molar refractivity (Wildman–Crippen MR) is 122 cm³/mol. The zero-order chi connectivity index (χ0) is 21.1. The van der Waals surface area contributed by atoms with Crippen LogP contribution in [-0.4, -0.2) is 18.3 Å². The molecular weight excluding hydrogens is 372 g/mol. The van der Waals surface area contributed by atoms with Gasteiger partial charge in [0.2, 0.25) is 0 Å². The molecule has 0 unspecified atom stereocenters. The number of rotatable bonds is 5. The van der Waals surface area contributed by atoms with Crippen LogP contribution in [0, 0.1) is 13.8 Å². The van der Waals surface area contributed by atoms with E-state index in [9.17, 15) is 4.79 Å². The van der Waals surface area contributed by atoms with E-state index in [1.807, 2.05) is 99.6 Å². The van der Waals surface area contributed by atoms with Crippen molar-refractivity contribution in [2.24, 2.45) is 4.99 Å². The normalized spacial score (nSPS) is 14.9. The van der Waals surface area contributed by atoms with Gasteiger partial charge in [0.05, 0.1) is 12.3 Å². The van der Waals surface area contributed by atoms with Gasteiger partial charge in [-0.1, -0.05) is 59.7 Å². The molecule has 150 valence electrons. The Hall–Kier alpha value is -3.66. The van der Waals surface area contributed by atoms with Crippen molar-refractivity contribution in [1.82, 2.24) is 0 Å². The molecule has 0 aliphatic carbocycles. The molecule has 4 heteroatoms. The smallest absolute Gasteiger partial charge is 0.282 e. The molecule has 0 N–H and O–H groups in total. The molecule has 0 atom stereocenters. The number of anilines is 1. The van der Waals surface area contributed by atoms with Gasteiger partial charge in [-0.15, -0.1) is 0 Å². The summed E-state index contributed by atoms with van der Waals surface area (Å²) in [5, 5.41) is 0. The highest BCUT2D eigenvalue weighted by Gasteiger charge is 2.32. The molecule has 1 aliphatic heterocycles. The Morgan fingerprint density at radius 3 is 2.07 bits per heavy atom. The van der Waals surface area contributed by atoms with E-state index in [1.165, 1.54) is 5.56 Å². The maximum Gasteiger partial charge on any atom is 0.282 e. The lowest BCUT2D eigenvalue weighted by Gasteiger charge is -2.19. The van der Waals surface area contributed by atoms with Crippen LogP contribution in [0.15, 0.2) is 83.5 Å². The summed E-state index contributed by atoms with van der Waals surface area (Å²) in [6.07, 6.45) is 1.84. The number of aryl methyl sites for hydroxylation is 2. The second kappa shape index (κ2) is 8.37. The summed E-state index contributed by atoms with van der Waals surface area (Å²) in [4.78, 5) is 19.7. The lowest BCUT2D eigenvalue weighted by atomic mass is 10.1. The molecule has 3 aromatic carbocycles. The highest BCUT2D eigenvalue weighted by Crippen LogP contribution is 2.29. The molecule has 1 heterocycles. The third-order valence-corrected chi connectivity index (χ3v) is 4.96. The summed E-state index contributed by atoms with van der Waals surface area (Å²) >= 11 is 0. The topological polar surface area (TPSA) is 41.9 Å². The molecular formula is C26H24N2O2. The van der Waals surface area contributed by atoms with E-state index in [0.29, 0.717) is 18.1 Å². The number of hydrogen-bond donors (Lipinski definition) is 0. The van der Waals surface area contributed by atoms with E-state index in [1.54, 1.807) is 4.90 Å². The van der Waals surface area contributed by atoms with Gasteiger partial charge in [0.25, 0.3) is 5.91 Å². The zero-order valence-electron chi connectivity index (χ0n) is 17.4. The van der Waals surface area contributed by atoms with E-state index in [2.05, 4.69) is 0 Å². The molecule has 1 amide bonds. The lowest BCUT2D eigenvalue weighted by Crippen LogP contribution is -2.32.